The van der Waals surface area contributed by atoms with E-state index in [0.29, 0.717) is 38.6 Å². The number of amides is 5. The molecule has 23 nitrogen and oxygen atoms in total. The van der Waals surface area contributed by atoms with Crippen molar-refractivity contribution in [3.05, 3.63) is 0 Å². The van der Waals surface area contributed by atoms with Gasteiger partial charge in [0.1, 0.15) is 30.2 Å². The molecule has 0 heterocycles. The molecular formula is C44H74N6O17. The molecule has 0 spiro atoms. The van der Waals surface area contributed by atoms with E-state index in [4.69, 9.17) is 10.2 Å². The molecule has 382 valence electrons. The molecular weight excluding hydrogens is 885 g/mol. The lowest BCUT2D eigenvalue weighted by Crippen LogP contribution is -2.45. The molecule has 0 fully saturated rings. The van der Waals surface area contributed by atoms with Crippen LogP contribution in [0.3, 0.4) is 0 Å². The monoisotopic (exact) mass is 959 g/mol. The Morgan fingerprint density at radius 1 is 0.328 bits per heavy atom. The molecule has 0 unspecified atom stereocenters. The van der Waals surface area contributed by atoms with E-state index in [1.165, 1.54) is 0 Å². The molecule has 0 aliphatic carbocycles. The van der Waals surface area contributed by atoms with Gasteiger partial charge in [-0.25, -0.2) is 19.2 Å². The standard InChI is InChI=1S/C44H74N6O17/c1-2-45-29(40(58)59)17-15-16-28-46-34(51)24-20-30(41(60)61)48-36(53)26-22-32(43(64)65)50-38(55)27-23-33(44(66)67)49-37(54)25-21-31(42(62)63)47-35(52)18-13-11-9-7-5-3-4-6-8-10-12-14-19-39(56)57/h29-33,45H,2-28H2,1H3,(H,46,51)(H,47,52)(H,48,53)(H,49,54)(H,50,55)(H,56,57)(H,58,59)(H,60,61)(H,62,63)(H,64,65)(H,66,67)/t29-,30-,31-,32-,33-/m0/s1. The van der Waals surface area contributed by atoms with Gasteiger partial charge in [-0.3, -0.25) is 33.6 Å². The highest BCUT2D eigenvalue weighted by Gasteiger charge is 2.27. The minimum atomic E-state index is -1.64. The van der Waals surface area contributed by atoms with Crippen LogP contribution in [0.4, 0.5) is 0 Å². The van der Waals surface area contributed by atoms with Crippen LogP contribution in [0.2, 0.25) is 0 Å². The number of hydrogen-bond donors (Lipinski definition) is 12. The summed E-state index contributed by atoms with van der Waals surface area (Å²) in [5, 5.41) is 70.5. The lowest BCUT2D eigenvalue weighted by atomic mass is 10.0. The fraction of sp³-hybridized carbons (Fsp3) is 0.750. The third-order valence-electron chi connectivity index (χ3n) is 10.7. The maximum Gasteiger partial charge on any atom is 0.326 e. The van der Waals surface area contributed by atoms with Crippen molar-refractivity contribution < 1.29 is 83.4 Å². The fourth-order valence-corrected chi connectivity index (χ4v) is 6.88. The molecule has 0 aromatic rings. The predicted molar refractivity (Wildman–Crippen MR) is 239 cm³/mol. The normalized spacial score (nSPS) is 13.1. The maximum absolute atomic E-state index is 12.6. The van der Waals surface area contributed by atoms with E-state index in [1.807, 2.05) is 0 Å². The van der Waals surface area contributed by atoms with Crippen LogP contribution >= 0.6 is 0 Å². The molecule has 5 amide bonds. The molecule has 0 radical (unpaired) electrons. The lowest BCUT2D eigenvalue weighted by Gasteiger charge is -2.18. The molecule has 0 aromatic heterocycles. The van der Waals surface area contributed by atoms with Crippen molar-refractivity contribution in [2.45, 2.75) is 198 Å². The van der Waals surface area contributed by atoms with Crippen LogP contribution in [0, 0.1) is 0 Å². The number of likely N-dealkylation sites (N-methyl/N-ethyl adjacent to an activating group) is 1. The van der Waals surface area contributed by atoms with E-state index in [9.17, 15) is 73.2 Å². The molecule has 0 rings (SSSR count). The molecule has 0 aliphatic heterocycles. The van der Waals surface area contributed by atoms with E-state index >= 15 is 0 Å². The number of hydrogen-bond acceptors (Lipinski definition) is 12. The number of nitrogens with one attached hydrogen (secondary N) is 6. The molecule has 0 bridgehead atoms. The Hall–Kier alpha value is -5.87. The SMILES string of the molecule is CCN[C@@H](CCCCNC(=O)CC[C@H](NC(=O)CC[C@H](NC(=O)CC[C@H](NC(=O)CC[C@H](NC(=O)CCCCCCCCCCCCCCC(=O)O)C(=O)O)C(=O)O)C(=O)O)C(=O)O)C(=O)O. The van der Waals surface area contributed by atoms with Crippen molar-refractivity contribution in [2.24, 2.45) is 0 Å². The molecule has 23 heteroatoms. The summed E-state index contributed by atoms with van der Waals surface area (Å²) in [6.45, 7) is 2.48. The minimum Gasteiger partial charge on any atom is -0.481 e. The molecule has 0 aromatic carbocycles. The number of unbranched alkanes of at least 4 members (excludes halogenated alkanes) is 12. The Bertz CT molecular complexity index is 1600. The smallest absolute Gasteiger partial charge is 0.326 e. The van der Waals surface area contributed by atoms with Crippen molar-refractivity contribution in [2.75, 3.05) is 13.1 Å². The van der Waals surface area contributed by atoms with Gasteiger partial charge in [0.15, 0.2) is 0 Å². The largest absolute Gasteiger partial charge is 0.481 e. The Morgan fingerprint density at radius 3 is 0.940 bits per heavy atom. The van der Waals surface area contributed by atoms with Crippen LogP contribution < -0.4 is 31.9 Å². The van der Waals surface area contributed by atoms with E-state index in [0.717, 1.165) is 64.2 Å². The van der Waals surface area contributed by atoms with Crippen molar-refractivity contribution >= 4 is 65.4 Å². The highest BCUT2D eigenvalue weighted by Crippen LogP contribution is 2.14. The van der Waals surface area contributed by atoms with Crippen LogP contribution in [0.1, 0.15) is 167 Å². The zero-order valence-corrected chi connectivity index (χ0v) is 38.7. The summed E-state index contributed by atoms with van der Waals surface area (Å²) in [6, 6.07) is -6.89. The van der Waals surface area contributed by atoms with Gasteiger partial charge in [0.05, 0.1) is 0 Å². The predicted octanol–water partition coefficient (Wildman–Crippen LogP) is 2.28. The Kier molecular flexibility index (Phi) is 34.0. The zero-order chi connectivity index (χ0) is 50.6. The van der Waals surface area contributed by atoms with Gasteiger partial charge in [-0.1, -0.05) is 71.1 Å². The number of rotatable bonds is 43. The summed E-state index contributed by atoms with van der Waals surface area (Å²) in [7, 11) is 0. The second kappa shape index (κ2) is 37.2. The third kappa shape index (κ3) is 33.3. The Morgan fingerprint density at radius 2 is 0.627 bits per heavy atom. The fourth-order valence-electron chi connectivity index (χ4n) is 6.88. The molecule has 5 atom stereocenters. The van der Waals surface area contributed by atoms with Crippen LogP contribution in [0.25, 0.3) is 0 Å². The second-order valence-electron chi connectivity index (χ2n) is 16.4. The van der Waals surface area contributed by atoms with Crippen LogP contribution in [-0.2, 0) is 52.7 Å². The summed E-state index contributed by atoms with van der Waals surface area (Å²) >= 11 is 0. The number of carbonyl (C=O) groups is 11. The molecule has 0 saturated carbocycles. The van der Waals surface area contributed by atoms with E-state index in [2.05, 4.69) is 31.9 Å². The van der Waals surface area contributed by atoms with Gasteiger partial charge in [0.25, 0.3) is 0 Å². The summed E-state index contributed by atoms with van der Waals surface area (Å²) in [5.74, 6) is -11.4. The topological polar surface area (TPSA) is 381 Å². The van der Waals surface area contributed by atoms with Gasteiger partial charge >= 0.3 is 35.8 Å². The van der Waals surface area contributed by atoms with Crippen LogP contribution in [0.15, 0.2) is 0 Å². The molecule has 0 saturated heterocycles. The van der Waals surface area contributed by atoms with Gasteiger partial charge in [0, 0.05) is 45.1 Å². The van der Waals surface area contributed by atoms with Gasteiger partial charge in [-0.15, -0.1) is 0 Å². The van der Waals surface area contributed by atoms with Crippen molar-refractivity contribution in [1.29, 1.82) is 0 Å². The zero-order valence-electron chi connectivity index (χ0n) is 38.7. The Balaban J connectivity index is 4.63. The summed E-state index contributed by atoms with van der Waals surface area (Å²) in [6.07, 6.45) is 9.50. The average Bonchev–Trinajstić information content (AvgIpc) is 3.25. The third-order valence-corrected chi connectivity index (χ3v) is 10.7. The van der Waals surface area contributed by atoms with E-state index in [-0.39, 0.29) is 38.6 Å². The minimum absolute atomic E-state index is 0.0878. The van der Waals surface area contributed by atoms with Crippen molar-refractivity contribution in [3.63, 3.8) is 0 Å². The van der Waals surface area contributed by atoms with E-state index in [1.54, 1.807) is 6.92 Å². The van der Waals surface area contributed by atoms with Crippen LogP contribution in [0.5, 0.6) is 0 Å². The first-order valence-corrected chi connectivity index (χ1v) is 23.3. The van der Waals surface area contributed by atoms with Crippen molar-refractivity contribution in [1.82, 2.24) is 31.9 Å². The van der Waals surface area contributed by atoms with Crippen LogP contribution in [-0.4, -0.2) is 139 Å². The quantitative estimate of drug-likeness (QED) is 0.0390. The number of carboxylic acid groups (broad SMARTS) is 6. The first-order valence-electron chi connectivity index (χ1n) is 23.3. The molecule has 12 N–H and O–H groups in total. The highest BCUT2D eigenvalue weighted by molar-refractivity contribution is 5.88. The number of carbonyl (C=O) groups excluding carboxylic acids is 5. The molecule has 0 aliphatic rings. The second-order valence-corrected chi connectivity index (χ2v) is 16.4. The average molecular weight is 959 g/mol. The Labute approximate surface area is 390 Å². The first kappa shape index (κ1) is 61.1. The summed E-state index contributed by atoms with van der Waals surface area (Å²) < 4.78 is 0. The maximum atomic E-state index is 12.6. The molecule has 67 heavy (non-hydrogen) atoms. The lowest BCUT2D eigenvalue weighted by molar-refractivity contribution is -0.144. The number of aliphatic carboxylic acids is 6. The van der Waals surface area contributed by atoms with Gasteiger partial charge in [-0.2, -0.15) is 0 Å². The summed E-state index contributed by atoms with van der Waals surface area (Å²) in [5.41, 5.74) is 0. The number of carboxylic acids is 6. The van der Waals surface area contributed by atoms with Crippen molar-refractivity contribution in [3.8, 4) is 0 Å². The summed E-state index contributed by atoms with van der Waals surface area (Å²) in [4.78, 5) is 131. The van der Waals surface area contributed by atoms with Gasteiger partial charge in [0.2, 0.25) is 29.5 Å². The van der Waals surface area contributed by atoms with Gasteiger partial charge < -0.3 is 62.5 Å². The van der Waals surface area contributed by atoms with E-state index < -0.39 is 128 Å². The van der Waals surface area contributed by atoms with Gasteiger partial charge in [-0.05, 0) is 64.3 Å². The highest BCUT2D eigenvalue weighted by atomic mass is 16.4. The first-order chi connectivity index (χ1) is 31.8.